The zero-order valence-corrected chi connectivity index (χ0v) is 5.77. The summed E-state index contributed by atoms with van der Waals surface area (Å²) in [5, 5.41) is 10.3. The number of aliphatic imine (C=N–C) groups is 1. The molecular formula is C5H9ClNO-. The molecule has 0 spiro atoms. The van der Waals surface area contributed by atoms with E-state index in [1.807, 2.05) is 13.8 Å². The molecule has 0 N–H and O–H groups in total. The van der Waals surface area contributed by atoms with Crippen LogP contribution in [-0.2, 0) is 0 Å². The Labute approximate surface area is 54.2 Å². The van der Waals surface area contributed by atoms with Gasteiger partial charge in [0.05, 0.1) is 5.88 Å². The molecule has 0 unspecified atom stereocenters. The van der Waals surface area contributed by atoms with E-state index in [9.17, 15) is 5.11 Å². The molecule has 0 aliphatic heterocycles. The number of hydrogen-bond donors (Lipinski definition) is 0. The molecule has 48 valence electrons. The molecular weight excluding hydrogens is 126 g/mol. The number of nitrogens with zero attached hydrogens (tertiary/aromatic N) is 1. The van der Waals surface area contributed by atoms with Crippen molar-refractivity contribution < 1.29 is 5.11 Å². The molecule has 0 amide bonds. The third kappa shape index (κ3) is 3.93. The number of alkyl halides is 1. The first kappa shape index (κ1) is 7.76. The van der Waals surface area contributed by atoms with Crippen LogP contribution in [0.5, 0.6) is 0 Å². The Morgan fingerprint density at radius 2 is 2.25 bits per heavy atom. The standard InChI is InChI=1S/C5H10ClNO/c1-4(2)7-5(8)3-6/h4H,3H2,1-2H3,(H,7,8)/p-1. The first-order chi connectivity index (χ1) is 3.66. The van der Waals surface area contributed by atoms with Crippen molar-refractivity contribution in [3.8, 4) is 0 Å². The van der Waals surface area contributed by atoms with Crippen molar-refractivity contribution in [1.82, 2.24) is 0 Å². The van der Waals surface area contributed by atoms with Crippen molar-refractivity contribution in [2.24, 2.45) is 4.99 Å². The average Bonchev–Trinajstić information content (AvgIpc) is 1.65. The highest BCUT2D eigenvalue weighted by atomic mass is 35.5. The summed E-state index contributed by atoms with van der Waals surface area (Å²) in [4.78, 5) is 3.62. The van der Waals surface area contributed by atoms with Gasteiger partial charge in [-0.1, -0.05) is 0 Å². The summed E-state index contributed by atoms with van der Waals surface area (Å²) in [6.45, 7) is 3.68. The van der Waals surface area contributed by atoms with E-state index < -0.39 is 0 Å². The van der Waals surface area contributed by atoms with Gasteiger partial charge in [0.25, 0.3) is 0 Å². The molecule has 0 radical (unpaired) electrons. The minimum Gasteiger partial charge on any atom is -0.861 e. The van der Waals surface area contributed by atoms with Gasteiger partial charge in [0.2, 0.25) is 0 Å². The molecule has 0 rings (SSSR count). The molecule has 0 heterocycles. The minimum atomic E-state index is -0.235. The van der Waals surface area contributed by atoms with Crippen molar-refractivity contribution in [2.45, 2.75) is 19.9 Å². The van der Waals surface area contributed by atoms with Crippen LogP contribution in [0.3, 0.4) is 0 Å². The molecule has 0 aromatic carbocycles. The van der Waals surface area contributed by atoms with Gasteiger partial charge in [-0.15, -0.1) is 11.6 Å². The topological polar surface area (TPSA) is 35.4 Å². The summed E-state index contributed by atoms with van der Waals surface area (Å²) in [6.07, 6.45) is 0. The smallest absolute Gasteiger partial charge is 0.0501 e. The molecule has 0 aliphatic carbocycles. The number of hydrogen-bond acceptors (Lipinski definition) is 2. The molecule has 3 heteroatoms. The molecule has 8 heavy (non-hydrogen) atoms. The van der Waals surface area contributed by atoms with Gasteiger partial charge in [0, 0.05) is 6.04 Å². The number of rotatable bonds is 2. The summed E-state index contributed by atoms with van der Waals surface area (Å²) in [6, 6.07) is 0.0706. The summed E-state index contributed by atoms with van der Waals surface area (Å²) in [5.41, 5.74) is 0. The van der Waals surface area contributed by atoms with Gasteiger partial charge in [0.15, 0.2) is 0 Å². The second-order valence-electron chi connectivity index (χ2n) is 1.75. The lowest BCUT2D eigenvalue weighted by Crippen LogP contribution is -2.20. The fraction of sp³-hybridized carbons (Fsp3) is 0.800. The number of halogens is 1. The van der Waals surface area contributed by atoms with Crippen LogP contribution in [0.2, 0.25) is 0 Å². The quantitative estimate of drug-likeness (QED) is 0.306. The van der Waals surface area contributed by atoms with Crippen LogP contribution in [0.4, 0.5) is 0 Å². The van der Waals surface area contributed by atoms with Gasteiger partial charge < -0.3 is 10.1 Å². The summed E-state index contributed by atoms with van der Waals surface area (Å²) in [5.74, 6) is -0.236. The van der Waals surface area contributed by atoms with Crippen LogP contribution in [0, 0.1) is 0 Å². The summed E-state index contributed by atoms with van der Waals surface area (Å²) < 4.78 is 0. The monoisotopic (exact) mass is 134 g/mol. The molecule has 0 aliphatic rings. The highest BCUT2D eigenvalue weighted by molar-refractivity contribution is 6.26. The highest BCUT2D eigenvalue weighted by Gasteiger charge is 1.83. The van der Waals surface area contributed by atoms with Gasteiger partial charge >= 0.3 is 0 Å². The third-order valence-corrected chi connectivity index (χ3v) is 0.745. The molecule has 0 atom stereocenters. The Balaban J connectivity index is 3.56. The van der Waals surface area contributed by atoms with E-state index in [-0.39, 0.29) is 17.8 Å². The summed E-state index contributed by atoms with van der Waals surface area (Å²) in [7, 11) is 0. The predicted molar refractivity (Wildman–Crippen MR) is 33.3 cm³/mol. The van der Waals surface area contributed by atoms with E-state index in [1.165, 1.54) is 0 Å². The second-order valence-corrected chi connectivity index (χ2v) is 2.02. The predicted octanol–water partition coefficient (Wildman–Crippen LogP) is 0.392. The lowest BCUT2D eigenvalue weighted by molar-refractivity contribution is -0.215. The Bertz CT molecular complexity index is 90.4. The van der Waals surface area contributed by atoms with E-state index in [1.54, 1.807) is 0 Å². The Morgan fingerprint density at radius 1 is 1.75 bits per heavy atom. The van der Waals surface area contributed by atoms with Crippen molar-refractivity contribution in [3.63, 3.8) is 0 Å². The largest absolute Gasteiger partial charge is 0.861 e. The maximum Gasteiger partial charge on any atom is 0.0501 e. The second kappa shape index (κ2) is 3.72. The first-order valence-electron chi connectivity index (χ1n) is 2.46. The van der Waals surface area contributed by atoms with Crippen LogP contribution < -0.4 is 5.11 Å². The highest BCUT2D eigenvalue weighted by Crippen LogP contribution is 1.85. The SMILES string of the molecule is CC(C)N=C([O-])CCl. The van der Waals surface area contributed by atoms with E-state index in [4.69, 9.17) is 11.6 Å². The van der Waals surface area contributed by atoms with Gasteiger partial charge in [-0.05, 0) is 19.7 Å². The van der Waals surface area contributed by atoms with E-state index in [0.717, 1.165) is 0 Å². The minimum absolute atomic E-state index is 0.00181. The Hall–Kier alpha value is -0.240. The normalized spacial score (nSPS) is 12.8. The fourth-order valence-corrected chi connectivity index (χ4v) is 0.391. The zero-order chi connectivity index (χ0) is 6.57. The lowest BCUT2D eigenvalue weighted by Gasteiger charge is -2.06. The molecule has 0 saturated heterocycles. The molecule has 0 saturated carbocycles. The van der Waals surface area contributed by atoms with E-state index >= 15 is 0 Å². The molecule has 0 bridgehead atoms. The molecule has 0 aromatic heterocycles. The van der Waals surface area contributed by atoms with Crippen molar-refractivity contribution in [1.29, 1.82) is 0 Å². The van der Waals surface area contributed by atoms with Gasteiger partial charge in [-0.25, -0.2) is 0 Å². The Kier molecular flexibility index (Phi) is 3.61. The Morgan fingerprint density at radius 3 is 2.38 bits per heavy atom. The van der Waals surface area contributed by atoms with Crippen molar-refractivity contribution in [2.75, 3.05) is 5.88 Å². The van der Waals surface area contributed by atoms with Crippen LogP contribution in [-0.4, -0.2) is 17.8 Å². The van der Waals surface area contributed by atoms with Gasteiger partial charge in [-0.3, -0.25) is 0 Å². The first-order valence-corrected chi connectivity index (χ1v) is 3.00. The maximum absolute atomic E-state index is 10.3. The zero-order valence-electron chi connectivity index (χ0n) is 5.02. The van der Waals surface area contributed by atoms with Crippen LogP contribution >= 0.6 is 11.6 Å². The molecule has 2 nitrogen and oxygen atoms in total. The molecule has 0 aromatic rings. The van der Waals surface area contributed by atoms with Crippen LogP contribution in [0.1, 0.15) is 13.8 Å². The van der Waals surface area contributed by atoms with E-state index in [2.05, 4.69) is 4.99 Å². The van der Waals surface area contributed by atoms with Crippen LogP contribution in [0.25, 0.3) is 0 Å². The average molecular weight is 135 g/mol. The van der Waals surface area contributed by atoms with Gasteiger partial charge in [-0.2, -0.15) is 0 Å². The molecule has 0 fully saturated rings. The maximum atomic E-state index is 10.3. The lowest BCUT2D eigenvalue weighted by atomic mass is 10.4. The third-order valence-electron chi connectivity index (χ3n) is 0.517. The van der Waals surface area contributed by atoms with Crippen molar-refractivity contribution in [3.05, 3.63) is 0 Å². The van der Waals surface area contributed by atoms with Gasteiger partial charge in [0.1, 0.15) is 0 Å². The fourth-order valence-electron chi connectivity index (χ4n) is 0.322. The summed E-state index contributed by atoms with van der Waals surface area (Å²) >= 11 is 5.15. The van der Waals surface area contributed by atoms with E-state index in [0.29, 0.717) is 0 Å². The van der Waals surface area contributed by atoms with Crippen molar-refractivity contribution >= 4 is 17.5 Å². The van der Waals surface area contributed by atoms with Crippen LogP contribution in [0.15, 0.2) is 4.99 Å².